The summed E-state index contributed by atoms with van der Waals surface area (Å²) in [6, 6.07) is 15.3. The highest BCUT2D eigenvalue weighted by Gasteiger charge is 2.13. The van der Waals surface area contributed by atoms with Crippen molar-refractivity contribution < 1.29 is 9.53 Å². The molecule has 0 aliphatic heterocycles. The Morgan fingerprint density at radius 3 is 2.79 bits per heavy atom. The van der Waals surface area contributed by atoms with Gasteiger partial charge in [-0.3, -0.25) is 9.69 Å². The third-order valence-corrected chi connectivity index (χ3v) is 4.49. The van der Waals surface area contributed by atoms with E-state index in [0.717, 1.165) is 12.4 Å². The number of carbonyl (C=O) groups excluding carboxylic acids is 1. The Labute approximate surface area is 169 Å². The number of hydrogen-bond acceptors (Lipinski definition) is 4. The van der Waals surface area contributed by atoms with Crippen molar-refractivity contribution in [1.82, 2.24) is 14.5 Å². The summed E-state index contributed by atoms with van der Waals surface area (Å²) in [5, 5.41) is 3.38. The summed E-state index contributed by atoms with van der Waals surface area (Å²) in [4.78, 5) is 18.8. The average Bonchev–Trinajstić information content (AvgIpc) is 3.09. The van der Waals surface area contributed by atoms with E-state index in [1.807, 2.05) is 36.3 Å². The first-order valence-corrected chi connectivity index (χ1v) is 9.29. The van der Waals surface area contributed by atoms with Crippen LogP contribution in [0.2, 0.25) is 5.02 Å². The zero-order chi connectivity index (χ0) is 19.9. The van der Waals surface area contributed by atoms with Crippen molar-refractivity contribution >= 4 is 23.2 Å². The van der Waals surface area contributed by atoms with Crippen LogP contribution >= 0.6 is 11.6 Å². The minimum Gasteiger partial charge on any atom is -0.495 e. The Morgan fingerprint density at radius 1 is 1.25 bits per heavy atom. The standard InChI is InChI=1S/C21H23ClN4O2/c1-25(15-21(27)24-18-12-17(22)8-9-19(18)28-2)14-20-23-10-11-26(20)13-16-6-4-3-5-7-16/h3-12H,13-15H2,1-2H3,(H,24,27). The first kappa shape index (κ1) is 19.9. The molecule has 7 heteroatoms. The predicted octanol–water partition coefficient (Wildman–Crippen LogP) is 3.66. The summed E-state index contributed by atoms with van der Waals surface area (Å²) in [6.45, 7) is 1.52. The molecule has 1 aromatic heterocycles. The van der Waals surface area contributed by atoms with E-state index < -0.39 is 0 Å². The summed E-state index contributed by atoms with van der Waals surface area (Å²) >= 11 is 6.01. The van der Waals surface area contributed by atoms with Crippen LogP contribution in [-0.2, 0) is 17.9 Å². The molecule has 0 aliphatic rings. The van der Waals surface area contributed by atoms with Gasteiger partial charge in [0.1, 0.15) is 11.6 Å². The Morgan fingerprint density at radius 2 is 2.04 bits per heavy atom. The number of halogens is 1. The Bertz CT molecular complexity index is 927. The number of nitrogens with zero attached hydrogens (tertiary/aromatic N) is 3. The maximum atomic E-state index is 12.4. The lowest BCUT2D eigenvalue weighted by atomic mass is 10.2. The lowest BCUT2D eigenvalue weighted by molar-refractivity contribution is -0.117. The molecule has 0 fully saturated rings. The van der Waals surface area contributed by atoms with Crippen LogP contribution in [0.5, 0.6) is 5.75 Å². The van der Waals surface area contributed by atoms with Gasteiger partial charge in [-0.2, -0.15) is 0 Å². The lowest BCUT2D eigenvalue weighted by Gasteiger charge is -2.18. The minimum absolute atomic E-state index is 0.149. The van der Waals surface area contributed by atoms with Crippen molar-refractivity contribution in [2.75, 3.05) is 26.0 Å². The fourth-order valence-electron chi connectivity index (χ4n) is 2.93. The zero-order valence-electron chi connectivity index (χ0n) is 15.9. The highest BCUT2D eigenvalue weighted by Crippen LogP contribution is 2.27. The van der Waals surface area contributed by atoms with Gasteiger partial charge in [0.15, 0.2) is 0 Å². The molecule has 0 atom stereocenters. The Kier molecular flexibility index (Phi) is 6.68. The normalized spacial score (nSPS) is 10.9. The van der Waals surface area contributed by atoms with E-state index in [-0.39, 0.29) is 12.5 Å². The number of hydrogen-bond donors (Lipinski definition) is 1. The SMILES string of the molecule is COc1ccc(Cl)cc1NC(=O)CN(C)Cc1nccn1Cc1ccccc1. The fraction of sp³-hybridized carbons (Fsp3) is 0.238. The maximum absolute atomic E-state index is 12.4. The van der Waals surface area contributed by atoms with E-state index in [1.54, 1.807) is 31.5 Å². The molecule has 1 heterocycles. The second-order valence-corrected chi connectivity index (χ2v) is 6.96. The van der Waals surface area contributed by atoms with Crippen molar-refractivity contribution in [3.63, 3.8) is 0 Å². The smallest absolute Gasteiger partial charge is 0.238 e. The van der Waals surface area contributed by atoms with Gasteiger partial charge in [-0.25, -0.2) is 4.98 Å². The Hall–Kier alpha value is -2.83. The van der Waals surface area contributed by atoms with Gasteiger partial charge in [0.05, 0.1) is 25.9 Å². The van der Waals surface area contributed by atoms with Crippen molar-refractivity contribution in [1.29, 1.82) is 0 Å². The third-order valence-electron chi connectivity index (χ3n) is 4.26. The quantitative estimate of drug-likeness (QED) is 0.629. The molecule has 1 N–H and O–H groups in total. The number of aromatic nitrogens is 2. The van der Waals surface area contributed by atoms with E-state index in [4.69, 9.17) is 16.3 Å². The summed E-state index contributed by atoms with van der Waals surface area (Å²) in [5.74, 6) is 1.32. The number of anilines is 1. The van der Waals surface area contributed by atoms with Gasteiger partial charge < -0.3 is 14.6 Å². The number of imidazole rings is 1. The molecule has 0 spiro atoms. The maximum Gasteiger partial charge on any atom is 0.238 e. The van der Waals surface area contributed by atoms with E-state index in [1.165, 1.54) is 5.56 Å². The van der Waals surface area contributed by atoms with Gasteiger partial charge in [-0.15, -0.1) is 0 Å². The second-order valence-electron chi connectivity index (χ2n) is 6.52. The molecule has 2 aromatic carbocycles. The van der Waals surface area contributed by atoms with Crippen LogP contribution in [0.3, 0.4) is 0 Å². The molecule has 146 valence electrons. The van der Waals surface area contributed by atoms with Crippen LogP contribution in [0.25, 0.3) is 0 Å². The van der Waals surface area contributed by atoms with Crippen molar-refractivity contribution in [3.05, 3.63) is 77.3 Å². The molecule has 0 saturated carbocycles. The molecule has 0 bridgehead atoms. The molecule has 1 amide bonds. The fourth-order valence-corrected chi connectivity index (χ4v) is 3.10. The number of rotatable bonds is 8. The number of methoxy groups -OCH3 is 1. The van der Waals surface area contributed by atoms with Crippen molar-refractivity contribution in [2.24, 2.45) is 0 Å². The van der Waals surface area contributed by atoms with E-state index in [0.29, 0.717) is 23.0 Å². The molecule has 3 rings (SSSR count). The monoisotopic (exact) mass is 398 g/mol. The van der Waals surface area contributed by atoms with Crippen LogP contribution in [0.4, 0.5) is 5.69 Å². The number of likely N-dealkylation sites (N-methyl/N-ethyl adjacent to an activating group) is 1. The predicted molar refractivity (Wildman–Crippen MR) is 111 cm³/mol. The number of ether oxygens (including phenoxy) is 1. The van der Waals surface area contributed by atoms with Crippen molar-refractivity contribution in [3.8, 4) is 5.75 Å². The van der Waals surface area contributed by atoms with E-state index in [2.05, 4.69) is 27.0 Å². The van der Waals surface area contributed by atoms with Gasteiger partial charge in [-0.1, -0.05) is 41.9 Å². The molecule has 3 aromatic rings. The van der Waals surface area contributed by atoms with Crippen LogP contribution in [0, 0.1) is 0 Å². The van der Waals surface area contributed by atoms with Crippen LogP contribution < -0.4 is 10.1 Å². The summed E-state index contributed by atoms with van der Waals surface area (Å²) in [6.07, 6.45) is 3.73. The van der Waals surface area contributed by atoms with Crippen LogP contribution in [-0.4, -0.2) is 41.1 Å². The summed E-state index contributed by atoms with van der Waals surface area (Å²) < 4.78 is 7.35. The molecule has 0 unspecified atom stereocenters. The zero-order valence-corrected chi connectivity index (χ0v) is 16.7. The van der Waals surface area contributed by atoms with Crippen LogP contribution in [0.15, 0.2) is 60.9 Å². The number of benzene rings is 2. The highest BCUT2D eigenvalue weighted by atomic mass is 35.5. The number of carbonyl (C=O) groups is 1. The molecular weight excluding hydrogens is 376 g/mol. The topological polar surface area (TPSA) is 59.4 Å². The first-order chi connectivity index (χ1) is 13.5. The van der Waals surface area contributed by atoms with Gasteiger partial charge >= 0.3 is 0 Å². The van der Waals surface area contributed by atoms with E-state index in [9.17, 15) is 4.79 Å². The number of nitrogens with one attached hydrogen (secondary N) is 1. The molecule has 28 heavy (non-hydrogen) atoms. The molecule has 0 saturated heterocycles. The summed E-state index contributed by atoms with van der Waals surface area (Å²) in [5.41, 5.74) is 1.76. The molecule has 0 radical (unpaired) electrons. The van der Waals surface area contributed by atoms with Gasteiger partial charge in [0, 0.05) is 24.0 Å². The van der Waals surface area contributed by atoms with Crippen LogP contribution in [0.1, 0.15) is 11.4 Å². The molecule has 0 aliphatic carbocycles. The minimum atomic E-state index is -0.149. The molecule has 6 nitrogen and oxygen atoms in total. The third kappa shape index (κ3) is 5.34. The average molecular weight is 399 g/mol. The Balaban J connectivity index is 1.59. The van der Waals surface area contributed by atoms with E-state index >= 15 is 0 Å². The van der Waals surface area contributed by atoms with Crippen molar-refractivity contribution in [2.45, 2.75) is 13.1 Å². The lowest BCUT2D eigenvalue weighted by Crippen LogP contribution is -2.31. The molecular formula is C21H23ClN4O2. The van der Waals surface area contributed by atoms with Gasteiger partial charge in [0.25, 0.3) is 0 Å². The highest BCUT2D eigenvalue weighted by molar-refractivity contribution is 6.31. The van der Waals surface area contributed by atoms with Gasteiger partial charge in [-0.05, 0) is 30.8 Å². The first-order valence-electron chi connectivity index (χ1n) is 8.91. The summed E-state index contributed by atoms with van der Waals surface area (Å²) in [7, 11) is 3.44. The largest absolute Gasteiger partial charge is 0.495 e. The second kappa shape index (κ2) is 9.39. The van der Waals surface area contributed by atoms with Gasteiger partial charge in [0.2, 0.25) is 5.91 Å². The number of amides is 1.